The summed E-state index contributed by atoms with van der Waals surface area (Å²) in [5.41, 5.74) is -5.49. The minimum Gasteiger partial charge on any atom is -0.463 e. The Kier molecular flexibility index (Phi) is 11.7. The zero-order valence-corrected chi connectivity index (χ0v) is 15.3. The second kappa shape index (κ2) is 12.3. The lowest BCUT2D eigenvalue weighted by molar-refractivity contribution is -0.356. The van der Waals surface area contributed by atoms with Gasteiger partial charge in [0.2, 0.25) is 0 Å². The molecule has 0 aliphatic rings. The molecule has 0 unspecified atom stereocenters. The molecule has 0 radical (unpaired) electrons. The summed E-state index contributed by atoms with van der Waals surface area (Å²) >= 11 is 0. The molecule has 9 heteroatoms. The van der Waals surface area contributed by atoms with E-state index in [1.165, 1.54) is 6.42 Å². The average molecular weight is 406 g/mol. The number of carbonyl (C=O) groups is 1. The molecule has 0 heterocycles. The minimum absolute atomic E-state index is 0.138. The first-order valence-electron chi connectivity index (χ1n) is 9.12. The van der Waals surface area contributed by atoms with Crippen molar-refractivity contribution in [3.63, 3.8) is 0 Å². The van der Waals surface area contributed by atoms with E-state index in [0.29, 0.717) is 6.42 Å². The molecule has 0 aliphatic heterocycles. The lowest BCUT2D eigenvalue weighted by Crippen LogP contribution is -2.63. The van der Waals surface area contributed by atoms with Gasteiger partial charge in [0.15, 0.2) is 0 Å². The van der Waals surface area contributed by atoms with Gasteiger partial charge in [-0.1, -0.05) is 57.4 Å². The van der Waals surface area contributed by atoms with Crippen LogP contribution in [0.5, 0.6) is 0 Å². The number of halogens is 6. The van der Waals surface area contributed by atoms with E-state index >= 15 is 0 Å². The van der Waals surface area contributed by atoms with Crippen LogP contribution in [-0.4, -0.2) is 35.6 Å². The highest BCUT2D eigenvalue weighted by Gasteiger charge is 2.76. The highest BCUT2D eigenvalue weighted by Crippen LogP contribution is 2.43. The van der Waals surface area contributed by atoms with E-state index in [9.17, 15) is 31.1 Å². The molecule has 0 fully saturated rings. The maximum absolute atomic E-state index is 12.4. The van der Waals surface area contributed by atoms with Crippen molar-refractivity contribution < 1.29 is 41.0 Å². The number of esters is 1. The summed E-state index contributed by atoms with van der Waals surface area (Å²) in [6.07, 6.45) is -0.516. The Hall–Kier alpha value is -1.25. The van der Waals surface area contributed by atoms with Gasteiger partial charge in [-0.3, -0.25) is 0 Å². The van der Waals surface area contributed by atoms with Crippen molar-refractivity contribution in [1.29, 1.82) is 0 Å². The third-order valence-corrected chi connectivity index (χ3v) is 4.15. The van der Waals surface area contributed by atoms with Gasteiger partial charge < -0.3 is 9.84 Å². The summed E-state index contributed by atoms with van der Waals surface area (Å²) in [5, 5.41) is 8.81. The second-order valence-electron chi connectivity index (χ2n) is 6.45. The molecule has 0 bridgehead atoms. The first kappa shape index (κ1) is 25.8. The molecule has 1 N–H and O–H groups in total. The summed E-state index contributed by atoms with van der Waals surface area (Å²) in [6, 6.07) is 0. The van der Waals surface area contributed by atoms with Gasteiger partial charge in [-0.25, -0.2) is 4.79 Å². The Bertz CT molecular complexity index is 418. The number of carbonyl (C=O) groups excluding carboxylic acids is 1. The fourth-order valence-corrected chi connectivity index (χ4v) is 2.47. The lowest BCUT2D eigenvalue weighted by Gasteiger charge is -2.29. The molecule has 0 atom stereocenters. The van der Waals surface area contributed by atoms with Crippen LogP contribution in [0.2, 0.25) is 0 Å². The molecule has 0 aliphatic carbocycles. The maximum atomic E-state index is 12.4. The molecule has 0 saturated heterocycles. The van der Waals surface area contributed by atoms with Gasteiger partial charge in [0.25, 0.3) is 0 Å². The number of rotatable bonds is 14. The van der Waals surface area contributed by atoms with Crippen molar-refractivity contribution in [2.24, 2.45) is 0 Å². The maximum Gasteiger partial charge on any atom is 0.437 e. The van der Waals surface area contributed by atoms with Gasteiger partial charge in [0.05, 0.1) is 6.61 Å². The number of alkyl halides is 6. The van der Waals surface area contributed by atoms with Crippen molar-refractivity contribution in [3.05, 3.63) is 12.7 Å². The largest absolute Gasteiger partial charge is 0.463 e. The Morgan fingerprint density at radius 2 is 1.15 bits per heavy atom. The van der Waals surface area contributed by atoms with Crippen LogP contribution < -0.4 is 0 Å². The molecule has 0 saturated carbocycles. The molecule has 0 aromatic carbocycles. The summed E-state index contributed by atoms with van der Waals surface area (Å²) in [6.45, 7) is 3.05. The smallest absolute Gasteiger partial charge is 0.437 e. The number of unbranched alkanes of at least 4 members (excludes halogenated alkanes) is 10. The van der Waals surface area contributed by atoms with Crippen LogP contribution in [-0.2, 0) is 9.53 Å². The number of allylic oxidation sites excluding steroid dienone is 1. The van der Waals surface area contributed by atoms with Crippen LogP contribution in [0.4, 0.5) is 26.3 Å². The molecule has 3 nitrogen and oxygen atoms in total. The molecular formula is C18H28F6O3. The first-order chi connectivity index (χ1) is 12.5. The topological polar surface area (TPSA) is 46.5 Å². The van der Waals surface area contributed by atoms with Crippen LogP contribution in [0.25, 0.3) is 0 Å². The van der Waals surface area contributed by atoms with E-state index in [2.05, 4.69) is 11.3 Å². The normalized spacial score (nSPS) is 12.9. The quantitative estimate of drug-likeness (QED) is 0.170. The third kappa shape index (κ3) is 8.99. The standard InChI is InChI=1S/C18H28F6O3/c1-2-3-4-5-6-7-8-9-10-11-12-13-14-27-15(25)16(26,17(19,20)21)18(22,23)24/h2,26H,1,3-14H2. The summed E-state index contributed by atoms with van der Waals surface area (Å²) in [4.78, 5) is 11.1. The number of ether oxygens (including phenoxy) is 1. The molecule has 0 spiro atoms. The minimum atomic E-state index is -6.20. The van der Waals surface area contributed by atoms with Crippen molar-refractivity contribution in [2.45, 2.75) is 88.6 Å². The first-order valence-corrected chi connectivity index (χ1v) is 9.12. The van der Waals surface area contributed by atoms with E-state index in [4.69, 9.17) is 5.11 Å². The highest BCUT2D eigenvalue weighted by atomic mass is 19.4. The van der Waals surface area contributed by atoms with Crippen LogP contribution in [0.1, 0.15) is 70.6 Å². The van der Waals surface area contributed by atoms with E-state index in [-0.39, 0.29) is 6.42 Å². The summed E-state index contributed by atoms with van der Waals surface area (Å²) < 4.78 is 78.7. The molecule has 0 aromatic heterocycles. The van der Waals surface area contributed by atoms with Crippen LogP contribution in [0.15, 0.2) is 12.7 Å². The molecule has 160 valence electrons. The van der Waals surface area contributed by atoms with Crippen LogP contribution in [0, 0.1) is 0 Å². The van der Waals surface area contributed by atoms with Crippen molar-refractivity contribution in [2.75, 3.05) is 6.61 Å². The number of hydrogen-bond donors (Lipinski definition) is 1. The lowest BCUT2D eigenvalue weighted by atomic mass is 10.0. The fourth-order valence-electron chi connectivity index (χ4n) is 2.47. The van der Waals surface area contributed by atoms with Gasteiger partial charge in [0.1, 0.15) is 0 Å². The fraction of sp³-hybridized carbons (Fsp3) is 0.833. The van der Waals surface area contributed by atoms with E-state index in [0.717, 1.165) is 51.4 Å². The van der Waals surface area contributed by atoms with Gasteiger partial charge >= 0.3 is 23.9 Å². The number of hydrogen-bond acceptors (Lipinski definition) is 3. The molecule has 0 aromatic rings. The Labute approximate surface area is 155 Å². The Balaban J connectivity index is 3.86. The predicted octanol–water partition coefficient (Wildman–Crippen LogP) is 5.86. The van der Waals surface area contributed by atoms with E-state index in [1.807, 2.05) is 6.08 Å². The average Bonchev–Trinajstić information content (AvgIpc) is 2.56. The zero-order chi connectivity index (χ0) is 21.0. The van der Waals surface area contributed by atoms with E-state index in [1.54, 1.807) is 0 Å². The van der Waals surface area contributed by atoms with Crippen molar-refractivity contribution in [1.82, 2.24) is 0 Å². The highest BCUT2D eigenvalue weighted by molar-refractivity contribution is 5.81. The predicted molar refractivity (Wildman–Crippen MR) is 89.0 cm³/mol. The summed E-state index contributed by atoms with van der Waals surface area (Å²) in [5.74, 6) is -2.74. The SMILES string of the molecule is C=CCCCCCCCCCCCCOC(=O)C(O)(C(F)(F)F)C(F)(F)F. The van der Waals surface area contributed by atoms with Gasteiger partial charge in [0, 0.05) is 0 Å². The monoisotopic (exact) mass is 406 g/mol. The van der Waals surface area contributed by atoms with Crippen molar-refractivity contribution >= 4 is 5.97 Å². The van der Waals surface area contributed by atoms with Gasteiger partial charge in [-0.05, 0) is 19.3 Å². The van der Waals surface area contributed by atoms with Crippen LogP contribution >= 0.6 is 0 Å². The number of aliphatic hydroxyl groups is 1. The van der Waals surface area contributed by atoms with E-state index < -0.39 is 30.5 Å². The molecule has 27 heavy (non-hydrogen) atoms. The molecule has 0 amide bonds. The summed E-state index contributed by atoms with van der Waals surface area (Å²) in [7, 11) is 0. The Morgan fingerprint density at radius 3 is 1.52 bits per heavy atom. The van der Waals surface area contributed by atoms with Gasteiger partial charge in [-0.15, -0.1) is 6.58 Å². The van der Waals surface area contributed by atoms with Crippen LogP contribution in [0.3, 0.4) is 0 Å². The van der Waals surface area contributed by atoms with Gasteiger partial charge in [-0.2, -0.15) is 26.3 Å². The second-order valence-corrected chi connectivity index (χ2v) is 6.45. The Morgan fingerprint density at radius 1 is 0.778 bits per heavy atom. The molecule has 0 rings (SSSR count). The third-order valence-electron chi connectivity index (χ3n) is 4.15. The zero-order valence-electron chi connectivity index (χ0n) is 15.3. The molecular weight excluding hydrogens is 378 g/mol. The van der Waals surface area contributed by atoms with Crippen molar-refractivity contribution in [3.8, 4) is 0 Å².